The van der Waals surface area contributed by atoms with E-state index in [2.05, 4.69) is 4.72 Å². The second-order valence-corrected chi connectivity index (χ2v) is 8.60. The van der Waals surface area contributed by atoms with Gasteiger partial charge in [-0.3, -0.25) is 0 Å². The van der Waals surface area contributed by atoms with Crippen LogP contribution in [0.1, 0.15) is 26.3 Å². The highest BCUT2D eigenvalue weighted by Gasteiger charge is 2.29. The maximum absolute atomic E-state index is 12.1. The number of rotatable bonds is 3. The van der Waals surface area contributed by atoms with Gasteiger partial charge in [-0.1, -0.05) is 11.6 Å². The van der Waals surface area contributed by atoms with Gasteiger partial charge >= 0.3 is 0 Å². The number of likely N-dealkylation sites (N-methyl/N-ethyl adjacent to an activating group) is 1. The minimum absolute atomic E-state index is 0.340. The van der Waals surface area contributed by atoms with E-state index in [-0.39, 0.29) is 4.75 Å². The van der Waals surface area contributed by atoms with Gasteiger partial charge in [0.15, 0.2) is 6.23 Å². The highest BCUT2D eigenvalue weighted by Crippen LogP contribution is 2.32. The van der Waals surface area contributed by atoms with Crippen molar-refractivity contribution in [1.29, 1.82) is 0 Å². The summed E-state index contributed by atoms with van der Waals surface area (Å²) >= 11 is 4.85. The fourth-order valence-electron chi connectivity index (χ4n) is 2.12. The summed E-state index contributed by atoms with van der Waals surface area (Å²) in [6.07, 6.45) is 1.17. The lowest BCUT2D eigenvalue weighted by molar-refractivity contribution is 0.208. The third kappa shape index (κ3) is 3.73. The van der Waals surface area contributed by atoms with Crippen molar-refractivity contribution in [1.82, 2.24) is 4.72 Å². The minimum atomic E-state index is -1.17. The normalized spacial score (nSPS) is 20.0. The largest absolute Gasteiger partial charge is 0.598 e. The van der Waals surface area contributed by atoms with Gasteiger partial charge in [-0.25, -0.2) is 0 Å². The predicted octanol–water partition coefficient (Wildman–Crippen LogP) is 2.54. The van der Waals surface area contributed by atoms with Crippen molar-refractivity contribution < 1.29 is 9.66 Å². The molecule has 0 fully saturated rings. The van der Waals surface area contributed by atoms with Crippen molar-refractivity contribution in [3.63, 3.8) is 0 Å². The zero-order valence-electron chi connectivity index (χ0n) is 12.7. The van der Waals surface area contributed by atoms with Crippen molar-refractivity contribution >= 4 is 34.7 Å². The Hall–Kier alpha value is -0.720. The molecular formula is C15H21ClN2O2S. The average molecular weight is 329 g/mol. The highest BCUT2D eigenvalue weighted by molar-refractivity contribution is 7.90. The predicted molar refractivity (Wildman–Crippen MR) is 89.7 cm³/mol. The lowest BCUT2D eigenvalue weighted by Gasteiger charge is -2.33. The summed E-state index contributed by atoms with van der Waals surface area (Å²) < 4.78 is 14.7. The molecule has 116 valence electrons. The zero-order valence-corrected chi connectivity index (χ0v) is 14.3. The molecule has 0 radical (unpaired) electrons. The van der Waals surface area contributed by atoms with Crippen LogP contribution in [0.25, 0.3) is 6.08 Å². The Kier molecular flexibility index (Phi) is 4.90. The molecule has 1 aromatic carbocycles. The van der Waals surface area contributed by atoms with Crippen molar-refractivity contribution in [2.75, 3.05) is 18.5 Å². The summed E-state index contributed by atoms with van der Waals surface area (Å²) in [6.45, 7) is 6.08. The van der Waals surface area contributed by atoms with E-state index in [0.29, 0.717) is 11.6 Å². The van der Waals surface area contributed by atoms with Crippen LogP contribution in [0.3, 0.4) is 0 Å². The Morgan fingerprint density at radius 2 is 2.10 bits per heavy atom. The van der Waals surface area contributed by atoms with Crippen LogP contribution in [-0.4, -0.2) is 34.2 Å². The lowest BCUT2D eigenvalue weighted by atomic mass is 10.0. The Labute approximate surface area is 134 Å². The van der Waals surface area contributed by atoms with Gasteiger partial charge in [-0.15, -0.1) is 4.72 Å². The summed E-state index contributed by atoms with van der Waals surface area (Å²) in [5.74, 6) is 0. The molecule has 0 spiro atoms. The number of anilines is 1. The summed E-state index contributed by atoms with van der Waals surface area (Å²) in [7, 11) is 1.82. The van der Waals surface area contributed by atoms with Crippen LogP contribution in [0.4, 0.5) is 5.69 Å². The number of aliphatic hydroxyl groups excluding tert-OH is 1. The van der Waals surface area contributed by atoms with Crippen LogP contribution < -0.4 is 9.62 Å². The minimum Gasteiger partial charge on any atom is -0.598 e. The van der Waals surface area contributed by atoms with Gasteiger partial charge in [0.1, 0.15) is 4.75 Å². The van der Waals surface area contributed by atoms with Gasteiger partial charge < -0.3 is 14.6 Å². The first-order chi connectivity index (χ1) is 9.70. The Bertz CT molecular complexity index is 557. The average Bonchev–Trinajstić information content (AvgIpc) is 2.39. The fourth-order valence-corrected chi connectivity index (χ4v) is 3.04. The summed E-state index contributed by atoms with van der Waals surface area (Å²) in [5, 5.41) is 11.0. The van der Waals surface area contributed by atoms with Crippen molar-refractivity contribution in [3.8, 4) is 0 Å². The monoisotopic (exact) mass is 328 g/mol. The van der Waals surface area contributed by atoms with E-state index in [1.54, 1.807) is 11.0 Å². The molecule has 2 N–H and O–H groups in total. The van der Waals surface area contributed by atoms with E-state index in [9.17, 15) is 9.66 Å². The number of aliphatic hydroxyl groups is 1. The van der Waals surface area contributed by atoms with Gasteiger partial charge in [0, 0.05) is 29.1 Å². The molecule has 0 saturated heterocycles. The first-order valence-corrected chi connectivity index (χ1v) is 8.29. The summed E-state index contributed by atoms with van der Waals surface area (Å²) in [5.41, 5.74) is 2.64. The molecule has 1 aliphatic heterocycles. The van der Waals surface area contributed by atoms with E-state index in [1.165, 1.54) is 0 Å². The molecule has 0 bridgehead atoms. The fraction of sp³-hybridized carbons (Fsp3) is 0.467. The van der Waals surface area contributed by atoms with Crippen LogP contribution in [0, 0.1) is 0 Å². The molecule has 6 heteroatoms. The van der Waals surface area contributed by atoms with Crippen LogP contribution in [-0.2, 0) is 11.4 Å². The molecule has 1 aromatic rings. The van der Waals surface area contributed by atoms with E-state index < -0.39 is 17.6 Å². The van der Waals surface area contributed by atoms with Crippen LogP contribution in [0.15, 0.2) is 23.8 Å². The molecule has 2 rings (SSSR count). The van der Waals surface area contributed by atoms with Crippen molar-refractivity contribution in [3.05, 3.63) is 34.4 Å². The molecule has 0 aromatic heterocycles. The summed E-state index contributed by atoms with van der Waals surface area (Å²) in [6, 6.07) is 5.55. The smallest absolute Gasteiger partial charge is 0.150 e. The number of benzene rings is 1. The molecule has 21 heavy (non-hydrogen) atoms. The van der Waals surface area contributed by atoms with Gasteiger partial charge in [0.25, 0.3) is 0 Å². The second-order valence-electron chi connectivity index (χ2n) is 6.11. The first-order valence-electron chi connectivity index (χ1n) is 6.76. The third-order valence-corrected chi connectivity index (χ3v) is 5.13. The van der Waals surface area contributed by atoms with Gasteiger partial charge in [0.2, 0.25) is 0 Å². The molecule has 2 atom stereocenters. The molecule has 4 nitrogen and oxygen atoms in total. The Morgan fingerprint density at radius 3 is 2.71 bits per heavy atom. The number of halogens is 1. The number of fused-ring (bicyclic) bond motifs is 1. The number of hydrogen-bond donors (Lipinski definition) is 2. The van der Waals surface area contributed by atoms with E-state index >= 15 is 0 Å². The van der Waals surface area contributed by atoms with Crippen molar-refractivity contribution in [2.24, 2.45) is 0 Å². The number of nitrogens with zero attached hydrogens (tertiary/aromatic N) is 1. The van der Waals surface area contributed by atoms with Crippen LogP contribution >= 0.6 is 11.6 Å². The molecule has 0 saturated carbocycles. The van der Waals surface area contributed by atoms with Crippen LogP contribution in [0.2, 0.25) is 5.02 Å². The molecule has 0 aliphatic carbocycles. The molecular weight excluding hydrogens is 308 g/mol. The zero-order chi connectivity index (χ0) is 15.8. The standard InChI is InChI=1S/C15H21ClN2O2S/c1-15(2,3)21(20)17-9-11-7-10-8-12(16)5-6-13(10)18(4)14(11)19/h5-8,14,17,19H,9H2,1-4H3/t14?,21-/m0/s1. The lowest BCUT2D eigenvalue weighted by Crippen LogP contribution is -2.44. The molecule has 1 heterocycles. The third-order valence-electron chi connectivity index (χ3n) is 3.37. The van der Waals surface area contributed by atoms with Gasteiger partial charge in [-0.05, 0) is 56.2 Å². The van der Waals surface area contributed by atoms with Gasteiger partial charge in [0.05, 0.1) is 6.54 Å². The topological polar surface area (TPSA) is 58.6 Å². The summed E-state index contributed by atoms with van der Waals surface area (Å²) in [4.78, 5) is 1.78. The highest BCUT2D eigenvalue weighted by atomic mass is 35.5. The van der Waals surface area contributed by atoms with Crippen molar-refractivity contribution in [2.45, 2.75) is 31.7 Å². The maximum atomic E-state index is 12.1. The Morgan fingerprint density at radius 1 is 1.43 bits per heavy atom. The second kappa shape index (κ2) is 6.18. The van der Waals surface area contributed by atoms with Gasteiger partial charge in [-0.2, -0.15) is 0 Å². The van der Waals surface area contributed by atoms with Crippen LogP contribution in [0.5, 0.6) is 0 Å². The SMILES string of the molecule is CN1c2ccc(Cl)cc2C=C(CN[S@@+]([O-])C(C)(C)C)C1O. The first kappa shape index (κ1) is 16.6. The quantitative estimate of drug-likeness (QED) is 0.837. The molecule has 1 aliphatic rings. The van der Waals surface area contributed by atoms with E-state index in [0.717, 1.165) is 16.8 Å². The molecule has 0 amide bonds. The number of nitrogens with one attached hydrogen (secondary N) is 1. The number of hydrogen-bond acceptors (Lipinski definition) is 4. The Balaban J connectivity index is 2.20. The maximum Gasteiger partial charge on any atom is 0.150 e. The van der Waals surface area contributed by atoms with E-state index in [1.807, 2.05) is 46.0 Å². The molecule has 1 unspecified atom stereocenters. The van der Waals surface area contributed by atoms with E-state index in [4.69, 9.17) is 11.6 Å².